The van der Waals surface area contributed by atoms with Gasteiger partial charge in [0.2, 0.25) is 0 Å². The summed E-state index contributed by atoms with van der Waals surface area (Å²) in [4.78, 5) is 37.4. The second-order valence-electron chi connectivity index (χ2n) is 13.2. The molecule has 6 nitrogen and oxygen atoms in total. The number of ether oxygens (including phenoxy) is 3. The summed E-state index contributed by atoms with van der Waals surface area (Å²) in [6, 6.07) is 0. The number of hydrogen-bond acceptors (Lipinski definition) is 6. The van der Waals surface area contributed by atoms with Crippen molar-refractivity contribution < 1.29 is 28.6 Å². The first-order valence-corrected chi connectivity index (χ1v) is 20.1. The minimum Gasteiger partial charge on any atom is -0.462 e. The van der Waals surface area contributed by atoms with Gasteiger partial charge in [0.15, 0.2) is 6.10 Å². The van der Waals surface area contributed by atoms with Crippen LogP contribution in [0.5, 0.6) is 0 Å². The van der Waals surface area contributed by atoms with Crippen molar-refractivity contribution in [2.24, 2.45) is 0 Å². The van der Waals surface area contributed by atoms with E-state index in [2.05, 4.69) is 63.3 Å². The molecule has 49 heavy (non-hydrogen) atoms. The van der Waals surface area contributed by atoms with Gasteiger partial charge < -0.3 is 14.2 Å². The Hall–Kier alpha value is -2.63. The summed E-state index contributed by atoms with van der Waals surface area (Å²) in [5.41, 5.74) is 0. The van der Waals surface area contributed by atoms with E-state index in [4.69, 9.17) is 14.2 Å². The second kappa shape index (κ2) is 38.2. The van der Waals surface area contributed by atoms with Crippen LogP contribution in [0.2, 0.25) is 0 Å². The van der Waals surface area contributed by atoms with Gasteiger partial charge in [-0.1, -0.05) is 153 Å². The van der Waals surface area contributed by atoms with Gasteiger partial charge >= 0.3 is 17.9 Å². The maximum Gasteiger partial charge on any atom is 0.306 e. The molecule has 0 fully saturated rings. The van der Waals surface area contributed by atoms with Crippen molar-refractivity contribution in [3.05, 3.63) is 48.6 Å². The van der Waals surface area contributed by atoms with Gasteiger partial charge in [0.1, 0.15) is 13.2 Å². The Morgan fingerprint density at radius 1 is 0.429 bits per heavy atom. The van der Waals surface area contributed by atoms with E-state index in [-0.39, 0.29) is 44.0 Å². The Bertz CT molecular complexity index is 887. The van der Waals surface area contributed by atoms with Crippen LogP contribution in [0.4, 0.5) is 0 Å². The smallest absolute Gasteiger partial charge is 0.306 e. The summed E-state index contributed by atoms with van der Waals surface area (Å²) in [6.07, 6.45) is 42.6. The van der Waals surface area contributed by atoms with E-state index < -0.39 is 6.10 Å². The quantitative estimate of drug-likeness (QED) is 0.0286. The largest absolute Gasteiger partial charge is 0.462 e. The molecule has 1 atom stereocenters. The summed E-state index contributed by atoms with van der Waals surface area (Å²) >= 11 is 0. The summed E-state index contributed by atoms with van der Waals surface area (Å²) in [7, 11) is 0. The van der Waals surface area contributed by atoms with Crippen LogP contribution in [-0.4, -0.2) is 37.2 Å². The Labute approximate surface area is 301 Å². The number of esters is 3. The van der Waals surface area contributed by atoms with E-state index >= 15 is 0 Å². The van der Waals surface area contributed by atoms with Gasteiger partial charge in [-0.2, -0.15) is 0 Å². The molecule has 0 aliphatic heterocycles. The Morgan fingerprint density at radius 3 is 1.39 bits per heavy atom. The average Bonchev–Trinajstić information content (AvgIpc) is 3.10. The van der Waals surface area contributed by atoms with Gasteiger partial charge in [0, 0.05) is 19.3 Å². The highest BCUT2D eigenvalue weighted by atomic mass is 16.6. The fourth-order valence-corrected chi connectivity index (χ4v) is 5.29. The lowest BCUT2D eigenvalue weighted by Gasteiger charge is -2.18. The molecule has 0 N–H and O–H groups in total. The number of hydrogen-bond donors (Lipinski definition) is 0. The lowest BCUT2D eigenvalue weighted by atomic mass is 10.1. The third-order valence-corrected chi connectivity index (χ3v) is 8.33. The summed E-state index contributed by atoms with van der Waals surface area (Å²) in [5.74, 6) is -1.02. The molecular formula is C43H74O6. The van der Waals surface area contributed by atoms with Gasteiger partial charge in [-0.25, -0.2) is 0 Å². The van der Waals surface area contributed by atoms with Crippen molar-refractivity contribution in [3.63, 3.8) is 0 Å². The molecule has 0 saturated carbocycles. The first-order valence-electron chi connectivity index (χ1n) is 20.1. The van der Waals surface area contributed by atoms with E-state index in [1.165, 1.54) is 77.0 Å². The maximum absolute atomic E-state index is 12.6. The van der Waals surface area contributed by atoms with Crippen LogP contribution in [0.15, 0.2) is 48.6 Å². The minimum atomic E-state index is -0.805. The first kappa shape index (κ1) is 46.4. The van der Waals surface area contributed by atoms with Gasteiger partial charge in [0.25, 0.3) is 0 Å². The first-order chi connectivity index (χ1) is 24.0. The molecule has 0 heterocycles. The van der Waals surface area contributed by atoms with Crippen LogP contribution >= 0.6 is 0 Å². The van der Waals surface area contributed by atoms with E-state index in [0.29, 0.717) is 19.3 Å². The zero-order valence-electron chi connectivity index (χ0n) is 31.9. The molecule has 0 aliphatic rings. The monoisotopic (exact) mass is 687 g/mol. The van der Waals surface area contributed by atoms with E-state index in [1.807, 2.05) is 6.08 Å². The maximum atomic E-state index is 12.6. The van der Waals surface area contributed by atoms with E-state index in [1.54, 1.807) is 0 Å². The van der Waals surface area contributed by atoms with Crippen molar-refractivity contribution >= 4 is 17.9 Å². The third kappa shape index (κ3) is 36.5. The Morgan fingerprint density at radius 2 is 0.837 bits per heavy atom. The standard InChI is InChI=1S/C43H74O6/c1-4-7-10-13-16-19-20-21-22-25-27-30-33-36-42(45)48-39-40(49-43(46)37-34-31-28-24-18-15-12-9-6-3)38-47-41(44)35-32-29-26-23-17-14-11-8-5-2/h9,12,18,21-22,24,27,30,40H,4-8,10-11,13-17,19-20,23,25-26,28-29,31-39H2,1-3H3/b12-9-,22-21-,24-18-,30-27-. The van der Waals surface area contributed by atoms with Crippen molar-refractivity contribution in [2.75, 3.05) is 13.2 Å². The predicted octanol–water partition coefficient (Wildman–Crippen LogP) is 12.4. The molecule has 0 aromatic heterocycles. The number of carbonyl (C=O) groups excluding carboxylic acids is 3. The molecule has 0 bridgehead atoms. The lowest BCUT2D eigenvalue weighted by molar-refractivity contribution is -0.166. The van der Waals surface area contributed by atoms with Crippen LogP contribution in [0, 0.1) is 0 Å². The molecule has 0 radical (unpaired) electrons. The normalized spacial score (nSPS) is 12.5. The molecule has 0 spiro atoms. The van der Waals surface area contributed by atoms with E-state index in [0.717, 1.165) is 57.8 Å². The number of allylic oxidation sites excluding steroid dienone is 8. The summed E-state index contributed by atoms with van der Waals surface area (Å²) in [5, 5.41) is 0. The minimum absolute atomic E-state index is 0.103. The zero-order chi connectivity index (χ0) is 35.9. The van der Waals surface area contributed by atoms with Crippen LogP contribution < -0.4 is 0 Å². The van der Waals surface area contributed by atoms with Crippen LogP contribution in [0.1, 0.15) is 188 Å². The summed E-state index contributed by atoms with van der Waals surface area (Å²) < 4.78 is 16.5. The third-order valence-electron chi connectivity index (χ3n) is 8.33. The molecule has 282 valence electrons. The Kier molecular flexibility index (Phi) is 36.1. The van der Waals surface area contributed by atoms with Crippen molar-refractivity contribution in [3.8, 4) is 0 Å². The Balaban J connectivity index is 4.47. The highest BCUT2D eigenvalue weighted by Gasteiger charge is 2.19. The van der Waals surface area contributed by atoms with Gasteiger partial charge in [-0.05, 0) is 64.2 Å². The molecule has 0 saturated heterocycles. The van der Waals surface area contributed by atoms with Crippen LogP contribution in [0.3, 0.4) is 0 Å². The van der Waals surface area contributed by atoms with Gasteiger partial charge in [-0.15, -0.1) is 0 Å². The highest BCUT2D eigenvalue weighted by molar-refractivity contribution is 5.71. The molecule has 0 aromatic rings. The molecule has 0 aromatic carbocycles. The fraction of sp³-hybridized carbons (Fsp3) is 0.744. The fourth-order valence-electron chi connectivity index (χ4n) is 5.29. The van der Waals surface area contributed by atoms with Crippen LogP contribution in [0.25, 0.3) is 0 Å². The van der Waals surface area contributed by atoms with Gasteiger partial charge in [0.05, 0.1) is 0 Å². The van der Waals surface area contributed by atoms with Crippen LogP contribution in [-0.2, 0) is 28.6 Å². The molecule has 0 rings (SSSR count). The molecule has 1 unspecified atom stereocenters. The van der Waals surface area contributed by atoms with Crippen molar-refractivity contribution in [2.45, 2.75) is 194 Å². The SMILES string of the molecule is CC/C=C\C/C=C\CCCCC(=O)OC(COC(=O)CC/C=C\C/C=C\CCCCCCCC)COC(=O)CCCCCCCCCCC. The zero-order valence-corrected chi connectivity index (χ0v) is 31.9. The second-order valence-corrected chi connectivity index (χ2v) is 13.2. The molecule has 0 aliphatic carbocycles. The van der Waals surface area contributed by atoms with E-state index in [9.17, 15) is 14.4 Å². The lowest BCUT2D eigenvalue weighted by Crippen LogP contribution is -2.30. The van der Waals surface area contributed by atoms with Crippen molar-refractivity contribution in [1.82, 2.24) is 0 Å². The molecule has 0 amide bonds. The highest BCUT2D eigenvalue weighted by Crippen LogP contribution is 2.12. The average molecular weight is 687 g/mol. The molecular weight excluding hydrogens is 612 g/mol. The predicted molar refractivity (Wildman–Crippen MR) is 205 cm³/mol. The number of rotatable bonds is 35. The summed E-state index contributed by atoms with van der Waals surface area (Å²) in [6.45, 7) is 6.37. The number of carbonyl (C=O) groups is 3. The molecule has 6 heteroatoms. The number of unbranched alkanes of at least 4 members (excludes halogenated alkanes) is 16. The van der Waals surface area contributed by atoms with Gasteiger partial charge in [-0.3, -0.25) is 14.4 Å². The van der Waals surface area contributed by atoms with Crippen molar-refractivity contribution in [1.29, 1.82) is 0 Å². The topological polar surface area (TPSA) is 78.9 Å².